The number of carbonyl (C=O) groups excluding carboxylic acids is 1. The number of nitrogens with zero attached hydrogens (tertiary/aromatic N) is 1. The van der Waals surface area contributed by atoms with Crippen molar-refractivity contribution in [3.05, 3.63) is 0 Å². The van der Waals surface area contributed by atoms with Gasteiger partial charge in [-0.05, 0) is 47.0 Å². The summed E-state index contributed by atoms with van der Waals surface area (Å²) < 4.78 is 0. The lowest BCUT2D eigenvalue weighted by Crippen LogP contribution is -2.28. The van der Waals surface area contributed by atoms with Crippen LogP contribution in [0.1, 0.15) is 26.2 Å². The molecule has 0 aliphatic heterocycles. The van der Waals surface area contributed by atoms with Crippen LogP contribution in [0.3, 0.4) is 0 Å². The normalized spacial score (nSPS) is 10.7. The first-order chi connectivity index (χ1) is 7.16. The van der Waals surface area contributed by atoms with Gasteiger partial charge in [0.15, 0.2) is 0 Å². The van der Waals surface area contributed by atoms with E-state index in [9.17, 15) is 4.79 Å². The Bertz CT molecular complexity index is 160. The predicted molar refractivity (Wildman–Crippen MR) is 64.0 cm³/mol. The van der Waals surface area contributed by atoms with E-state index in [2.05, 4.69) is 29.6 Å². The van der Waals surface area contributed by atoms with Gasteiger partial charge in [-0.15, -0.1) is 0 Å². The van der Waals surface area contributed by atoms with Crippen LogP contribution in [0.2, 0.25) is 0 Å². The van der Waals surface area contributed by atoms with Gasteiger partial charge in [0.1, 0.15) is 0 Å². The fraction of sp³-hybridized carbons (Fsp3) is 0.909. The molecule has 0 spiro atoms. The van der Waals surface area contributed by atoms with Gasteiger partial charge in [-0.25, -0.2) is 0 Å². The van der Waals surface area contributed by atoms with Gasteiger partial charge < -0.3 is 15.5 Å². The molecule has 0 aromatic heterocycles. The van der Waals surface area contributed by atoms with Crippen molar-refractivity contribution < 1.29 is 4.79 Å². The van der Waals surface area contributed by atoms with Gasteiger partial charge in [-0.1, -0.05) is 0 Å². The van der Waals surface area contributed by atoms with Gasteiger partial charge in [-0.2, -0.15) is 0 Å². The van der Waals surface area contributed by atoms with Gasteiger partial charge in [0, 0.05) is 19.5 Å². The van der Waals surface area contributed by atoms with Crippen LogP contribution in [0.5, 0.6) is 0 Å². The lowest BCUT2D eigenvalue weighted by molar-refractivity contribution is -0.120. The minimum absolute atomic E-state index is 0.137. The Labute approximate surface area is 93.4 Å². The van der Waals surface area contributed by atoms with Gasteiger partial charge in [-0.3, -0.25) is 4.79 Å². The van der Waals surface area contributed by atoms with E-state index in [0.29, 0.717) is 6.42 Å². The number of nitrogens with one attached hydrogen (secondary N) is 2. The van der Waals surface area contributed by atoms with Crippen LogP contribution in [0, 0.1) is 0 Å². The van der Waals surface area contributed by atoms with E-state index in [1.165, 1.54) is 12.8 Å². The molecule has 0 aliphatic rings. The molecule has 0 radical (unpaired) electrons. The quantitative estimate of drug-likeness (QED) is 0.549. The lowest BCUT2D eigenvalue weighted by atomic mass is 10.3. The average molecular weight is 215 g/mol. The van der Waals surface area contributed by atoms with Crippen molar-refractivity contribution >= 4 is 5.91 Å². The minimum atomic E-state index is 0.137. The number of amides is 1. The Hall–Kier alpha value is -0.610. The number of carbonyl (C=O) groups is 1. The van der Waals surface area contributed by atoms with Gasteiger partial charge in [0.05, 0.1) is 0 Å². The first-order valence-electron chi connectivity index (χ1n) is 5.79. The van der Waals surface area contributed by atoms with Crippen LogP contribution in [-0.4, -0.2) is 51.1 Å². The topological polar surface area (TPSA) is 44.4 Å². The smallest absolute Gasteiger partial charge is 0.221 e. The monoisotopic (exact) mass is 215 g/mol. The molecule has 15 heavy (non-hydrogen) atoms. The molecule has 0 bridgehead atoms. The lowest BCUT2D eigenvalue weighted by Gasteiger charge is -2.09. The predicted octanol–water partition coefficient (Wildman–Crippen LogP) is 0.444. The molecule has 0 aromatic rings. The molecule has 0 aromatic carbocycles. The van der Waals surface area contributed by atoms with Crippen molar-refractivity contribution in [3.63, 3.8) is 0 Å². The van der Waals surface area contributed by atoms with Crippen LogP contribution in [0.15, 0.2) is 0 Å². The highest BCUT2D eigenvalue weighted by Gasteiger charge is 1.97. The molecule has 0 unspecified atom stereocenters. The van der Waals surface area contributed by atoms with Crippen molar-refractivity contribution in [2.75, 3.05) is 40.3 Å². The van der Waals surface area contributed by atoms with Crippen LogP contribution in [-0.2, 0) is 4.79 Å². The molecule has 4 nitrogen and oxygen atoms in total. The third kappa shape index (κ3) is 11.3. The maximum Gasteiger partial charge on any atom is 0.221 e. The van der Waals surface area contributed by atoms with Crippen molar-refractivity contribution in [2.24, 2.45) is 0 Å². The molecule has 0 rings (SSSR count). The van der Waals surface area contributed by atoms with Crippen LogP contribution < -0.4 is 10.6 Å². The number of hydrogen-bond acceptors (Lipinski definition) is 3. The standard InChI is InChI=1S/C11H25N3O/c1-4-13-11(15)7-9-12-8-5-6-10-14(2)3/h12H,4-10H2,1-3H3,(H,13,15). The van der Waals surface area contributed by atoms with E-state index in [4.69, 9.17) is 0 Å². The zero-order valence-corrected chi connectivity index (χ0v) is 10.3. The summed E-state index contributed by atoms with van der Waals surface area (Å²) in [4.78, 5) is 13.3. The van der Waals surface area contributed by atoms with E-state index < -0.39 is 0 Å². The van der Waals surface area contributed by atoms with Gasteiger partial charge in [0.25, 0.3) is 0 Å². The number of unbranched alkanes of at least 4 members (excludes halogenated alkanes) is 1. The summed E-state index contributed by atoms with van der Waals surface area (Å²) in [5.41, 5.74) is 0. The Morgan fingerprint density at radius 2 is 1.93 bits per heavy atom. The first-order valence-corrected chi connectivity index (χ1v) is 5.79. The molecular weight excluding hydrogens is 190 g/mol. The highest BCUT2D eigenvalue weighted by molar-refractivity contribution is 5.75. The summed E-state index contributed by atoms with van der Waals surface area (Å²) in [7, 11) is 4.17. The zero-order chi connectivity index (χ0) is 11.5. The molecule has 0 atom stereocenters. The van der Waals surface area contributed by atoms with Gasteiger partial charge in [0.2, 0.25) is 5.91 Å². The van der Waals surface area contributed by atoms with E-state index in [1.54, 1.807) is 0 Å². The second-order valence-electron chi connectivity index (χ2n) is 3.96. The highest BCUT2D eigenvalue weighted by Crippen LogP contribution is 1.88. The third-order valence-corrected chi connectivity index (χ3v) is 2.11. The van der Waals surface area contributed by atoms with Crippen LogP contribution >= 0.6 is 0 Å². The molecule has 1 amide bonds. The first kappa shape index (κ1) is 14.4. The molecular formula is C11H25N3O. The summed E-state index contributed by atoms with van der Waals surface area (Å²) >= 11 is 0. The van der Waals surface area contributed by atoms with E-state index >= 15 is 0 Å². The van der Waals surface area contributed by atoms with E-state index in [0.717, 1.165) is 26.2 Å². The summed E-state index contributed by atoms with van der Waals surface area (Å²) in [5.74, 6) is 0.137. The summed E-state index contributed by atoms with van der Waals surface area (Å²) in [6.07, 6.45) is 2.97. The SMILES string of the molecule is CCNC(=O)CCNCCCCN(C)C. The Morgan fingerprint density at radius 1 is 1.20 bits per heavy atom. The molecule has 0 aliphatic carbocycles. The molecule has 0 fully saturated rings. The molecule has 0 heterocycles. The Morgan fingerprint density at radius 3 is 2.53 bits per heavy atom. The Balaban J connectivity index is 3.08. The van der Waals surface area contributed by atoms with Crippen molar-refractivity contribution in [1.82, 2.24) is 15.5 Å². The number of hydrogen-bond donors (Lipinski definition) is 2. The Kier molecular flexibility index (Phi) is 9.52. The largest absolute Gasteiger partial charge is 0.356 e. The van der Waals surface area contributed by atoms with E-state index in [1.807, 2.05) is 6.92 Å². The highest BCUT2D eigenvalue weighted by atomic mass is 16.1. The fourth-order valence-electron chi connectivity index (χ4n) is 1.29. The van der Waals surface area contributed by atoms with Crippen molar-refractivity contribution in [2.45, 2.75) is 26.2 Å². The molecule has 2 N–H and O–H groups in total. The average Bonchev–Trinajstić information content (AvgIpc) is 2.16. The zero-order valence-electron chi connectivity index (χ0n) is 10.3. The van der Waals surface area contributed by atoms with Crippen LogP contribution in [0.25, 0.3) is 0 Å². The second kappa shape index (κ2) is 9.93. The third-order valence-electron chi connectivity index (χ3n) is 2.11. The van der Waals surface area contributed by atoms with Crippen LogP contribution in [0.4, 0.5) is 0 Å². The summed E-state index contributed by atoms with van der Waals surface area (Å²) in [5, 5.41) is 6.05. The maximum absolute atomic E-state index is 11.1. The molecule has 4 heteroatoms. The maximum atomic E-state index is 11.1. The molecule has 90 valence electrons. The molecule has 0 saturated carbocycles. The van der Waals surface area contributed by atoms with Crippen molar-refractivity contribution in [1.29, 1.82) is 0 Å². The van der Waals surface area contributed by atoms with Gasteiger partial charge >= 0.3 is 0 Å². The molecule has 0 saturated heterocycles. The fourth-order valence-corrected chi connectivity index (χ4v) is 1.29. The summed E-state index contributed by atoms with van der Waals surface area (Å²) in [6, 6.07) is 0. The second-order valence-corrected chi connectivity index (χ2v) is 3.96. The number of rotatable bonds is 9. The summed E-state index contributed by atoms with van der Waals surface area (Å²) in [6.45, 7) is 5.59. The van der Waals surface area contributed by atoms with Crippen molar-refractivity contribution in [3.8, 4) is 0 Å². The minimum Gasteiger partial charge on any atom is -0.356 e. The van der Waals surface area contributed by atoms with E-state index in [-0.39, 0.29) is 5.91 Å².